The van der Waals surface area contributed by atoms with Crippen molar-refractivity contribution in [2.75, 3.05) is 13.1 Å². The van der Waals surface area contributed by atoms with E-state index >= 15 is 0 Å². The van der Waals surface area contributed by atoms with Gasteiger partial charge in [-0.05, 0) is 31.0 Å². The van der Waals surface area contributed by atoms with Crippen LogP contribution in [-0.2, 0) is 10.0 Å². The van der Waals surface area contributed by atoms with Gasteiger partial charge in [-0.2, -0.15) is 4.31 Å². The lowest BCUT2D eigenvalue weighted by atomic mass is 10.2. The molecule has 0 radical (unpaired) electrons. The summed E-state index contributed by atoms with van der Waals surface area (Å²) >= 11 is 9.27. The smallest absolute Gasteiger partial charge is 0.207 e. The van der Waals surface area contributed by atoms with Gasteiger partial charge in [0.05, 0.1) is 5.02 Å². The topological polar surface area (TPSA) is 37.4 Å². The molecule has 1 aliphatic rings. The first-order valence-corrected chi connectivity index (χ1v) is 8.24. The average Bonchev–Trinajstić information content (AvgIpc) is 2.32. The zero-order chi connectivity index (χ0) is 13.3. The molecule has 0 N–H and O–H groups in total. The lowest BCUT2D eigenvalue weighted by Crippen LogP contribution is -2.40. The van der Waals surface area contributed by atoms with Crippen molar-refractivity contribution in [3.8, 4) is 0 Å². The third-order valence-electron chi connectivity index (χ3n) is 2.84. The van der Waals surface area contributed by atoms with E-state index < -0.39 is 15.8 Å². The van der Waals surface area contributed by atoms with Gasteiger partial charge in [0, 0.05) is 17.9 Å². The molecule has 0 aromatic heterocycles. The molecule has 1 saturated heterocycles. The quantitative estimate of drug-likeness (QED) is 0.764. The van der Waals surface area contributed by atoms with Crippen LogP contribution in [0.15, 0.2) is 23.1 Å². The van der Waals surface area contributed by atoms with E-state index in [0.29, 0.717) is 13.1 Å². The lowest BCUT2D eigenvalue weighted by Gasteiger charge is -2.29. The molecule has 1 aliphatic heterocycles. The van der Waals surface area contributed by atoms with Crippen LogP contribution in [-0.4, -0.2) is 30.6 Å². The number of benzene rings is 1. The predicted molar refractivity (Wildman–Crippen MR) is 72.1 cm³/mol. The summed E-state index contributed by atoms with van der Waals surface area (Å²) in [6.45, 7) is 0.826. The molecular formula is C11H12BrClFNO2S. The van der Waals surface area contributed by atoms with Crippen LogP contribution >= 0.6 is 27.5 Å². The second-order valence-electron chi connectivity index (χ2n) is 4.18. The number of alkyl halides is 1. The molecular weight excluding hydrogens is 345 g/mol. The van der Waals surface area contributed by atoms with Crippen molar-refractivity contribution in [2.45, 2.75) is 22.6 Å². The fourth-order valence-corrected chi connectivity index (χ4v) is 4.80. The predicted octanol–water partition coefficient (Wildman–Crippen LogP) is 3.03. The van der Waals surface area contributed by atoms with Gasteiger partial charge in [0.25, 0.3) is 0 Å². The van der Waals surface area contributed by atoms with Crippen molar-refractivity contribution in [3.05, 3.63) is 29.0 Å². The van der Waals surface area contributed by atoms with Crippen molar-refractivity contribution < 1.29 is 12.8 Å². The highest BCUT2D eigenvalue weighted by Crippen LogP contribution is 2.28. The summed E-state index contributed by atoms with van der Waals surface area (Å²) in [6.07, 6.45) is 1.71. The highest BCUT2D eigenvalue weighted by atomic mass is 79.9. The molecule has 3 nitrogen and oxygen atoms in total. The van der Waals surface area contributed by atoms with Crippen molar-refractivity contribution in [2.24, 2.45) is 0 Å². The third-order valence-corrected chi connectivity index (χ3v) is 5.93. The molecule has 1 unspecified atom stereocenters. The van der Waals surface area contributed by atoms with Gasteiger partial charge in [0.1, 0.15) is 10.7 Å². The van der Waals surface area contributed by atoms with E-state index in [1.165, 1.54) is 10.4 Å². The Labute approximate surface area is 119 Å². The highest BCUT2D eigenvalue weighted by molar-refractivity contribution is 9.09. The van der Waals surface area contributed by atoms with Crippen LogP contribution in [0.1, 0.15) is 12.8 Å². The van der Waals surface area contributed by atoms with Crippen LogP contribution in [0.3, 0.4) is 0 Å². The zero-order valence-corrected chi connectivity index (χ0v) is 12.6. The summed E-state index contributed by atoms with van der Waals surface area (Å²) in [5.41, 5.74) is 0. The van der Waals surface area contributed by atoms with Gasteiger partial charge < -0.3 is 0 Å². The van der Waals surface area contributed by atoms with E-state index in [2.05, 4.69) is 15.9 Å². The summed E-state index contributed by atoms with van der Waals surface area (Å²) in [4.78, 5) is -0.0286. The molecule has 0 aliphatic carbocycles. The Morgan fingerprint density at radius 2 is 2.17 bits per heavy atom. The first kappa shape index (κ1) is 14.2. The van der Waals surface area contributed by atoms with Crippen molar-refractivity contribution in [1.29, 1.82) is 0 Å². The standard InChI is InChI=1S/C11H12BrClFNO2S/c12-8-2-1-5-15(7-8)18(16,17)11-6-9(14)3-4-10(11)13/h3-4,6,8H,1-2,5,7H2. The summed E-state index contributed by atoms with van der Waals surface area (Å²) < 4.78 is 39.2. The first-order chi connectivity index (χ1) is 8.41. The van der Waals surface area contributed by atoms with Gasteiger partial charge >= 0.3 is 0 Å². The Balaban J connectivity index is 2.38. The average molecular weight is 357 g/mol. The van der Waals surface area contributed by atoms with Crippen LogP contribution in [0.5, 0.6) is 0 Å². The maximum Gasteiger partial charge on any atom is 0.244 e. The molecule has 7 heteroatoms. The molecule has 18 heavy (non-hydrogen) atoms. The zero-order valence-electron chi connectivity index (χ0n) is 9.44. The van der Waals surface area contributed by atoms with Crippen LogP contribution < -0.4 is 0 Å². The number of hydrogen-bond donors (Lipinski definition) is 0. The van der Waals surface area contributed by atoms with Crippen molar-refractivity contribution in [1.82, 2.24) is 4.31 Å². The minimum Gasteiger partial charge on any atom is -0.207 e. The van der Waals surface area contributed by atoms with E-state index in [0.717, 1.165) is 25.0 Å². The van der Waals surface area contributed by atoms with Gasteiger partial charge in [0.2, 0.25) is 10.0 Å². The van der Waals surface area contributed by atoms with E-state index in [1.54, 1.807) is 0 Å². The van der Waals surface area contributed by atoms with Gasteiger partial charge in [-0.15, -0.1) is 0 Å². The number of halogens is 3. The van der Waals surface area contributed by atoms with E-state index in [9.17, 15) is 12.8 Å². The Morgan fingerprint density at radius 3 is 2.83 bits per heavy atom. The van der Waals surface area contributed by atoms with Crippen LogP contribution in [0.25, 0.3) is 0 Å². The highest BCUT2D eigenvalue weighted by Gasteiger charge is 2.31. The fraction of sp³-hybridized carbons (Fsp3) is 0.455. The minimum atomic E-state index is -3.72. The molecule has 1 atom stereocenters. The second kappa shape index (κ2) is 5.45. The van der Waals surface area contributed by atoms with Crippen LogP contribution in [0.2, 0.25) is 5.02 Å². The summed E-state index contributed by atoms with van der Waals surface area (Å²) in [6, 6.07) is 3.37. The van der Waals surface area contributed by atoms with Crippen molar-refractivity contribution in [3.63, 3.8) is 0 Å². The Hall–Kier alpha value is -0.170. The Morgan fingerprint density at radius 1 is 1.44 bits per heavy atom. The molecule has 1 aromatic rings. The van der Waals surface area contributed by atoms with Gasteiger partial charge in [-0.1, -0.05) is 27.5 Å². The maximum absolute atomic E-state index is 13.2. The van der Waals surface area contributed by atoms with Crippen molar-refractivity contribution >= 4 is 37.6 Å². The summed E-state index contributed by atoms with van der Waals surface area (Å²) in [5.74, 6) is -0.606. The molecule has 0 amide bonds. The monoisotopic (exact) mass is 355 g/mol. The van der Waals surface area contributed by atoms with E-state index in [-0.39, 0.29) is 14.7 Å². The summed E-state index contributed by atoms with van der Waals surface area (Å²) in [5, 5.41) is 0.0492. The lowest BCUT2D eigenvalue weighted by molar-refractivity contribution is 0.356. The number of sulfonamides is 1. The number of rotatable bonds is 2. The van der Waals surface area contributed by atoms with E-state index in [1.807, 2.05) is 0 Å². The molecule has 100 valence electrons. The maximum atomic E-state index is 13.2. The van der Waals surface area contributed by atoms with Crippen LogP contribution in [0, 0.1) is 5.82 Å². The number of nitrogens with zero attached hydrogens (tertiary/aromatic N) is 1. The molecule has 1 fully saturated rings. The van der Waals surface area contributed by atoms with Crippen LogP contribution in [0.4, 0.5) is 4.39 Å². The second-order valence-corrected chi connectivity index (χ2v) is 7.79. The summed E-state index contributed by atoms with van der Waals surface area (Å²) in [7, 11) is -3.72. The molecule has 1 heterocycles. The SMILES string of the molecule is O=S(=O)(c1cc(F)ccc1Cl)N1CCCC(Br)C1. The Kier molecular flexibility index (Phi) is 4.31. The third kappa shape index (κ3) is 2.87. The molecule has 0 saturated carbocycles. The minimum absolute atomic E-state index is 0.0492. The molecule has 2 rings (SSSR count). The number of hydrogen-bond acceptors (Lipinski definition) is 2. The molecule has 0 spiro atoms. The molecule has 0 bridgehead atoms. The fourth-order valence-electron chi connectivity index (χ4n) is 1.92. The Bertz CT molecular complexity index is 552. The first-order valence-electron chi connectivity index (χ1n) is 5.50. The normalized spacial score (nSPS) is 22.1. The van der Waals surface area contributed by atoms with Gasteiger partial charge in [-0.3, -0.25) is 0 Å². The largest absolute Gasteiger partial charge is 0.244 e. The van der Waals surface area contributed by atoms with Gasteiger partial charge in [0.15, 0.2) is 0 Å². The molecule has 1 aromatic carbocycles. The van der Waals surface area contributed by atoms with E-state index in [4.69, 9.17) is 11.6 Å². The van der Waals surface area contributed by atoms with Gasteiger partial charge in [-0.25, -0.2) is 12.8 Å². The number of piperidine rings is 1.